The molecule has 1 atom stereocenters. The maximum absolute atomic E-state index is 11.1. The highest BCUT2D eigenvalue weighted by Gasteiger charge is 2.39. The molecule has 23 heavy (non-hydrogen) atoms. The number of benzene rings is 1. The summed E-state index contributed by atoms with van der Waals surface area (Å²) < 4.78 is 1.81. The molecule has 0 bridgehead atoms. The van der Waals surface area contributed by atoms with E-state index in [0.29, 0.717) is 17.5 Å². The van der Waals surface area contributed by atoms with Gasteiger partial charge in [-0.05, 0) is 50.1 Å². The second-order valence-corrected chi connectivity index (χ2v) is 6.17. The van der Waals surface area contributed by atoms with E-state index in [4.69, 9.17) is 9.94 Å². The lowest BCUT2D eigenvalue weighted by Gasteiger charge is -2.21. The molecule has 1 unspecified atom stereocenters. The summed E-state index contributed by atoms with van der Waals surface area (Å²) in [6.45, 7) is 5.71. The minimum atomic E-state index is -0.922. The molecule has 0 amide bonds. The third-order valence-corrected chi connectivity index (χ3v) is 4.20. The van der Waals surface area contributed by atoms with Crippen molar-refractivity contribution in [3.63, 3.8) is 0 Å². The summed E-state index contributed by atoms with van der Waals surface area (Å²) in [4.78, 5) is 16.8. The van der Waals surface area contributed by atoms with Crippen molar-refractivity contribution >= 4 is 11.7 Å². The summed E-state index contributed by atoms with van der Waals surface area (Å²) in [5, 5.41) is 17.7. The molecule has 2 aromatic rings. The summed E-state index contributed by atoms with van der Waals surface area (Å²) in [5.41, 5.74) is 4.04. The number of oxime groups is 1. The Morgan fingerprint density at radius 1 is 1.35 bits per heavy atom. The molecule has 0 saturated carbocycles. The minimum absolute atomic E-state index is 0.304. The molecule has 1 aliphatic rings. The van der Waals surface area contributed by atoms with Crippen molar-refractivity contribution < 1.29 is 14.7 Å². The standard InChI is InChI=1S/C17H19N3O3/c1-10-7-12(5-6-13(10)16(21)22)14-9-17(3,23-19-14)15-8-11(2)18-20(15)4/h5-8H,9H2,1-4H3,(H,21,22). The van der Waals surface area contributed by atoms with Crippen LogP contribution in [0.2, 0.25) is 0 Å². The zero-order chi connectivity index (χ0) is 16.8. The number of carbonyl (C=O) groups is 1. The lowest BCUT2D eigenvalue weighted by Crippen LogP contribution is -2.25. The smallest absolute Gasteiger partial charge is 0.335 e. The molecule has 0 aliphatic carbocycles. The van der Waals surface area contributed by atoms with Gasteiger partial charge in [0.25, 0.3) is 0 Å². The van der Waals surface area contributed by atoms with E-state index in [-0.39, 0.29) is 0 Å². The van der Waals surface area contributed by atoms with Crippen LogP contribution in [0.25, 0.3) is 0 Å². The van der Waals surface area contributed by atoms with Crippen LogP contribution >= 0.6 is 0 Å². The molecule has 1 N–H and O–H groups in total. The first kappa shape index (κ1) is 15.3. The lowest BCUT2D eigenvalue weighted by atomic mass is 9.91. The van der Waals surface area contributed by atoms with Crippen LogP contribution in [0, 0.1) is 13.8 Å². The highest BCUT2D eigenvalue weighted by atomic mass is 16.7. The van der Waals surface area contributed by atoms with Gasteiger partial charge in [0.15, 0.2) is 5.60 Å². The number of aromatic nitrogens is 2. The lowest BCUT2D eigenvalue weighted by molar-refractivity contribution is -0.0135. The van der Waals surface area contributed by atoms with E-state index >= 15 is 0 Å². The van der Waals surface area contributed by atoms with Crippen molar-refractivity contribution in [2.45, 2.75) is 32.8 Å². The molecular formula is C17H19N3O3. The van der Waals surface area contributed by atoms with Gasteiger partial charge in [0.2, 0.25) is 0 Å². The third-order valence-electron chi connectivity index (χ3n) is 4.20. The van der Waals surface area contributed by atoms with Gasteiger partial charge < -0.3 is 9.94 Å². The van der Waals surface area contributed by atoms with Gasteiger partial charge in [0.1, 0.15) is 0 Å². The van der Waals surface area contributed by atoms with Gasteiger partial charge in [-0.3, -0.25) is 4.68 Å². The maximum atomic E-state index is 11.1. The Labute approximate surface area is 134 Å². The quantitative estimate of drug-likeness (QED) is 0.945. The van der Waals surface area contributed by atoms with Crippen molar-refractivity contribution in [1.82, 2.24) is 9.78 Å². The molecule has 0 saturated heterocycles. The zero-order valence-corrected chi connectivity index (χ0v) is 13.6. The second-order valence-electron chi connectivity index (χ2n) is 6.17. The Bertz CT molecular complexity index is 822. The highest BCUT2D eigenvalue weighted by molar-refractivity contribution is 6.02. The second kappa shape index (κ2) is 5.22. The molecule has 1 aromatic carbocycles. The van der Waals surface area contributed by atoms with Crippen LogP contribution in [0.15, 0.2) is 29.4 Å². The van der Waals surface area contributed by atoms with Crippen molar-refractivity contribution in [3.05, 3.63) is 52.3 Å². The average Bonchev–Trinajstić information content (AvgIpc) is 3.02. The van der Waals surface area contributed by atoms with E-state index in [2.05, 4.69) is 10.3 Å². The number of carboxylic acids is 1. The Kier molecular flexibility index (Phi) is 3.47. The van der Waals surface area contributed by atoms with Gasteiger partial charge in [0.05, 0.1) is 22.7 Å². The molecular weight excluding hydrogens is 294 g/mol. The molecule has 1 aliphatic heterocycles. The number of hydrogen-bond acceptors (Lipinski definition) is 4. The summed E-state index contributed by atoms with van der Waals surface area (Å²) >= 11 is 0. The number of hydrogen-bond donors (Lipinski definition) is 1. The van der Waals surface area contributed by atoms with Crippen LogP contribution in [0.5, 0.6) is 0 Å². The topological polar surface area (TPSA) is 76.7 Å². The van der Waals surface area contributed by atoms with Crippen molar-refractivity contribution in [1.29, 1.82) is 0 Å². The Hall–Kier alpha value is -2.63. The normalized spacial score (nSPS) is 20.3. The number of aryl methyl sites for hydroxylation is 3. The molecule has 0 fully saturated rings. The van der Waals surface area contributed by atoms with Crippen LogP contribution in [0.4, 0.5) is 0 Å². The monoisotopic (exact) mass is 313 g/mol. The Morgan fingerprint density at radius 3 is 2.65 bits per heavy atom. The van der Waals surface area contributed by atoms with Crippen molar-refractivity contribution in [2.75, 3.05) is 0 Å². The predicted octanol–water partition coefficient (Wildman–Crippen LogP) is 2.77. The summed E-state index contributed by atoms with van der Waals surface area (Å²) in [6.07, 6.45) is 0.609. The summed E-state index contributed by atoms with van der Waals surface area (Å²) in [6, 6.07) is 7.22. The van der Waals surface area contributed by atoms with Gasteiger partial charge in [0, 0.05) is 13.5 Å². The van der Waals surface area contributed by atoms with E-state index in [1.165, 1.54) is 0 Å². The fourth-order valence-corrected chi connectivity index (χ4v) is 3.02. The first-order chi connectivity index (χ1) is 10.8. The number of aromatic carboxylic acids is 1. The third kappa shape index (κ3) is 2.60. The van der Waals surface area contributed by atoms with Crippen LogP contribution < -0.4 is 0 Å². The van der Waals surface area contributed by atoms with E-state index in [9.17, 15) is 4.79 Å². The van der Waals surface area contributed by atoms with Crippen molar-refractivity contribution in [2.24, 2.45) is 12.2 Å². The molecule has 6 nitrogen and oxygen atoms in total. The molecule has 0 spiro atoms. The van der Waals surface area contributed by atoms with Gasteiger partial charge in [-0.2, -0.15) is 5.10 Å². The van der Waals surface area contributed by atoms with Crippen LogP contribution in [-0.4, -0.2) is 26.6 Å². The summed E-state index contributed by atoms with van der Waals surface area (Å²) in [5.74, 6) is -0.922. The minimum Gasteiger partial charge on any atom is -0.478 e. The molecule has 6 heteroatoms. The van der Waals surface area contributed by atoms with Crippen LogP contribution in [-0.2, 0) is 17.5 Å². The Balaban J connectivity index is 1.89. The van der Waals surface area contributed by atoms with Crippen LogP contribution in [0.3, 0.4) is 0 Å². The van der Waals surface area contributed by atoms with Gasteiger partial charge in [-0.25, -0.2) is 4.79 Å². The summed E-state index contributed by atoms with van der Waals surface area (Å²) in [7, 11) is 1.89. The maximum Gasteiger partial charge on any atom is 0.335 e. The van der Waals surface area contributed by atoms with Gasteiger partial charge >= 0.3 is 5.97 Å². The van der Waals surface area contributed by atoms with E-state index in [1.54, 1.807) is 19.1 Å². The van der Waals surface area contributed by atoms with Crippen LogP contribution in [0.1, 0.15) is 46.2 Å². The fraction of sp³-hybridized carbons (Fsp3) is 0.353. The van der Waals surface area contributed by atoms with E-state index in [1.807, 2.05) is 37.7 Å². The van der Waals surface area contributed by atoms with Crippen molar-refractivity contribution in [3.8, 4) is 0 Å². The number of rotatable bonds is 3. The zero-order valence-electron chi connectivity index (χ0n) is 13.6. The highest BCUT2D eigenvalue weighted by Crippen LogP contribution is 2.36. The molecule has 2 heterocycles. The fourth-order valence-electron chi connectivity index (χ4n) is 3.02. The first-order valence-corrected chi connectivity index (χ1v) is 7.40. The van der Waals surface area contributed by atoms with E-state index < -0.39 is 11.6 Å². The molecule has 120 valence electrons. The SMILES string of the molecule is Cc1cc(C2(C)CC(c3ccc(C(=O)O)c(C)c3)=NO2)n(C)n1. The number of nitrogens with zero attached hydrogens (tertiary/aromatic N) is 3. The van der Waals surface area contributed by atoms with E-state index in [0.717, 1.165) is 22.7 Å². The Morgan fingerprint density at radius 2 is 2.09 bits per heavy atom. The predicted molar refractivity (Wildman–Crippen MR) is 85.7 cm³/mol. The first-order valence-electron chi connectivity index (χ1n) is 7.40. The molecule has 1 aromatic heterocycles. The van der Waals surface area contributed by atoms with Gasteiger partial charge in [-0.1, -0.05) is 11.2 Å². The van der Waals surface area contributed by atoms with Gasteiger partial charge in [-0.15, -0.1) is 0 Å². The molecule has 3 rings (SSSR count). The average molecular weight is 313 g/mol. The largest absolute Gasteiger partial charge is 0.478 e. The molecule has 0 radical (unpaired) electrons. The number of carboxylic acid groups (broad SMARTS) is 1.